The maximum Gasteiger partial charge on any atom is 0.241 e. The maximum absolute atomic E-state index is 11.8. The molecule has 1 aromatic rings. The normalized spacial score (nSPS) is 11.6. The summed E-state index contributed by atoms with van der Waals surface area (Å²) in [5.41, 5.74) is 4.97. The smallest absolute Gasteiger partial charge is 0.241 e. The van der Waals surface area contributed by atoms with E-state index >= 15 is 0 Å². The number of carbonyl (C=O) groups excluding carboxylic acids is 1. The van der Waals surface area contributed by atoms with Crippen LogP contribution in [-0.2, 0) is 11.2 Å². The van der Waals surface area contributed by atoms with Crippen LogP contribution in [0.5, 0.6) is 0 Å². The molecular formula is C11H17BrN2OS. The summed E-state index contributed by atoms with van der Waals surface area (Å²) >= 11 is 5.11. The third-order valence-corrected chi connectivity index (χ3v) is 3.90. The van der Waals surface area contributed by atoms with Crippen molar-refractivity contribution >= 4 is 33.2 Å². The van der Waals surface area contributed by atoms with Gasteiger partial charge < -0.3 is 10.6 Å². The van der Waals surface area contributed by atoms with Crippen LogP contribution in [0.3, 0.4) is 0 Å². The third kappa shape index (κ3) is 3.88. The number of halogens is 1. The zero-order valence-corrected chi connectivity index (χ0v) is 12.2. The number of carbonyl (C=O) groups is 1. The molecule has 0 aliphatic carbocycles. The number of amides is 1. The number of hydrogen-bond acceptors (Lipinski definition) is 3. The first-order valence-corrected chi connectivity index (χ1v) is 6.70. The van der Waals surface area contributed by atoms with Crippen LogP contribution in [0.4, 0.5) is 0 Å². The lowest BCUT2D eigenvalue weighted by molar-refractivity contribution is -0.134. The van der Waals surface area contributed by atoms with Gasteiger partial charge in [-0.2, -0.15) is 0 Å². The molecule has 5 heteroatoms. The van der Waals surface area contributed by atoms with Crippen LogP contribution < -0.4 is 5.73 Å². The minimum Gasteiger partial charge on any atom is -0.344 e. The van der Waals surface area contributed by atoms with E-state index in [1.54, 1.807) is 37.1 Å². The molecule has 0 atom stereocenters. The zero-order chi connectivity index (χ0) is 12.3. The molecule has 0 aliphatic rings. The van der Waals surface area contributed by atoms with E-state index in [9.17, 15) is 4.79 Å². The average Bonchev–Trinajstić information content (AvgIpc) is 2.58. The van der Waals surface area contributed by atoms with Gasteiger partial charge in [-0.1, -0.05) is 0 Å². The fraction of sp³-hybridized carbons (Fsp3) is 0.545. The lowest BCUT2D eigenvalue weighted by atomic mass is 10.1. The fourth-order valence-electron chi connectivity index (χ4n) is 1.36. The Balaban J connectivity index is 2.47. The SMILES string of the molecule is CN(CCc1ccc(Br)s1)C(=O)C(C)(C)N. The molecule has 1 heterocycles. The molecule has 0 saturated carbocycles. The Bertz CT molecular complexity index is 370. The first kappa shape index (κ1) is 13.7. The van der Waals surface area contributed by atoms with E-state index in [2.05, 4.69) is 22.0 Å². The quantitative estimate of drug-likeness (QED) is 0.927. The molecule has 0 spiro atoms. The van der Waals surface area contributed by atoms with Gasteiger partial charge in [0, 0.05) is 18.5 Å². The van der Waals surface area contributed by atoms with Gasteiger partial charge in [0.1, 0.15) is 0 Å². The summed E-state index contributed by atoms with van der Waals surface area (Å²) in [7, 11) is 1.79. The maximum atomic E-state index is 11.8. The molecular weight excluding hydrogens is 288 g/mol. The minimum absolute atomic E-state index is 0.0249. The van der Waals surface area contributed by atoms with Crippen molar-refractivity contribution in [3.63, 3.8) is 0 Å². The standard InChI is InChI=1S/C11H17BrN2OS/c1-11(2,13)10(15)14(3)7-6-8-4-5-9(12)16-8/h4-5H,6-7,13H2,1-3H3. The van der Waals surface area contributed by atoms with Crippen LogP contribution in [0.15, 0.2) is 15.9 Å². The molecule has 1 amide bonds. The van der Waals surface area contributed by atoms with E-state index in [0.29, 0.717) is 6.54 Å². The molecule has 16 heavy (non-hydrogen) atoms. The molecule has 0 unspecified atom stereocenters. The highest BCUT2D eigenvalue weighted by Crippen LogP contribution is 2.22. The van der Waals surface area contributed by atoms with E-state index in [-0.39, 0.29) is 5.91 Å². The van der Waals surface area contributed by atoms with Crippen LogP contribution >= 0.6 is 27.3 Å². The van der Waals surface area contributed by atoms with E-state index in [0.717, 1.165) is 10.2 Å². The van der Waals surface area contributed by atoms with Gasteiger partial charge in [-0.15, -0.1) is 11.3 Å². The monoisotopic (exact) mass is 304 g/mol. The van der Waals surface area contributed by atoms with Crippen LogP contribution in [-0.4, -0.2) is 29.9 Å². The van der Waals surface area contributed by atoms with Crippen molar-refractivity contribution in [3.8, 4) is 0 Å². The first-order chi connectivity index (χ1) is 7.30. The predicted molar refractivity (Wildman–Crippen MR) is 71.6 cm³/mol. The topological polar surface area (TPSA) is 46.3 Å². The number of nitrogens with two attached hydrogens (primary N) is 1. The van der Waals surface area contributed by atoms with Crippen molar-refractivity contribution in [1.29, 1.82) is 0 Å². The Kier molecular flexibility index (Phi) is 4.52. The van der Waals surface area contributed by atoms with Crippen LogP contribution in [0.1, 0.15) is 18.7 Å². The highest BCUT2D eigenvalue weighted by Gasteiger charge is 2.25. The number of thiophene rings is 1. The zero-order valence-electron chi connectivity index (χ0n) is 9.79. The molecule has 3 nitrogen and oxygen atoms in total. The van der Waals surface area contributed by atoms with Crippen molar-refractivity contribution in [2.75, 3.05) is 13.6 Å². The van der Waals surface area contributed by atoms with Gasteiger partial charge in [-0.25, -0.2) is 0 Å². The fourth-order valence-corrected chi connectivity index (χ4v) is 2.83. The number of rotatable bonds is 4. The van der Waals surface area contributed by atoms with Crippen molar-refractivity contribution < 1.29 is 4.79 Å². The highest BCUT2D eigenvalue weighted by molar-refractivity contribution is 9.11. The second-order valence-electron chi connectivity index (χ2n) is 4.40. The predicted octanol–water partition coefficient (Wildman–Crippen LogP) is 2.25. The summed E-state index contributed by atoms with van der Waals surface area (Å²) in [4.78, 5) is 14.7. The van der Waals surface area contributed by atoms with Crippen molar-refractivity contribution in [2.24, 2.45) is 5.73 Å². The molecule has 0 radical (unpaired) electrons. The molecule has 1 rings (SSSR count). The van der Waals surface area contributed by atoms with E-state index in [1.165, 1.54) is 4.88 Å². The van der Waals surface area contributed by atoms with Gasteiger partial charge in [-0.05, 0) is 48.3 Å². The lowest BCUT2D eigenvalue weighted by Gasteiger charge is -2.25. The summed E-state index contributed by atoms with van der Waals surface area (Å²) in [6, 6.07) is 4.09. The second-order valence-corrected chi connectivity index (χ2v) is 6.95. The number of likely N-dealkylation sites (N-methyl/N-ethyl adjacent to an activating group) is 1. The van der Waals surface area contributed by atoms with Gasteiger partial charge >= 0.3 is 0 Å². The van der Waals surface area contributed by atoms with Crippen LogP contribution in [0.25, 0.3) is 0 Å². The largest absolute Gasteiger partial charge is 0.344 e. The Morgan fingerprint density at radius 2 is 2.19 bits per heavy atom. The van der Waals surface area contributed by atoms with Crippen molar-refractivity contribution in [1.82, 2.24) is 4.90 Å². The molecule has 90 valence electrons. The Labute approximate surface area is 109 Å². The van der Waals surface area contributed by atoms with E-state index in [1.807, 2.05) is 6.07 Å². The van der Waals surface area contributed by atoms with Crippen molar-refractivity contribution in [3.05, 3.63) is 20.8 Å². The molecule has 0 bridgehead atoms. The van der Waals surface area contributed by atoms with E-state index < -0.39 is 5.54 Å². The third-order valence-electron chi connectivity index (χ3n) is 2.22. The summed E-state index contributed by atoms with van der Waals surface area (Å²) in [6.07, 6.45) is 0.870. The molecule has 1 aromatic heterocycles. The highest BCUT2D eigenvalue weighted by atomic mass is 79.9. The summed E-state index contributed by atoms with van der Waals surface area (Å²) in [6.45, 7) is 4.16. The number of hydrogen-bond donors (Lipinski definition) is 1. The first-order valence-electron chi connectivity index (χ1n) is 5.09. The van der Waals surface area contributed by atoms with E-state index in [4.69, 9.17) is 5.73 Å². The number of nitrogens with zero attached hydrogens (tertiary/aromatic N) is 1. The van der Waals surface area contributed by atoms with Gasteiger partial charge in [0.2, 0.25) is 5.91 Å². The molecule has 2 N–H and O–H groups in total. The lowest BCUT2D eigenvalue weighted by Crippen LogP contribution is -2.50. The van der Waals surface area contributed by atoms with Crippen LogP contribution in [0.2, 0.25) is 0 Å². The molecule has 0 aromatic carbocycles. The Hall–Kier alpha value is -0.390. The molecule has 0 saturated heterocycles. The van der Waals surface area contributed by atoms with Crippen molar-refractivity contribution in [2.45, 2.75) is 25.8 Å². The molecule has 0 fully saturated rings. The van der Waals surface area contributed by atoms with Gasteiger partial charge in [0.25, 0.3) is 0 Å². The minimum atomic E-state index is -0.787. The van der Waals surface area contributed by atoms with Gasteiger partial charge in [0.05, 0.1) is 9.33 Å². The Morgan fingerprint density at radius 3 is 2.62 bits per heavy atom. The molecule has 0 aliphatic heterocycles. The van der Waals surface area contributed by atoms with Gasteiger partial charge in [-0.3, -0.25) is 4.79 Å². The average molecular weight is 305 g/mol. The summed E-state index contributed by atoms with van der Waals surface area (Å²) in [5, 5.41) is 0. The summed E-state index contributed by atoms with van der Waals surface area (Å²) < 4.78 is 1.12. The van der Waals surface area contributed by atoms with Crippen LogP contribution in [0, 0.1) is 0 Å². The van der Waals surface area contributed by atoms with Gasteiger partial charge in [0.15, 0.2) is 0 Å². The second kappa shape index (κ2) is 5.29. The Morgan fingerprint density at radius 1 is 1.56 bits per heavy atom. The summed E-state index contributed by atoms with van der Waals surface area (Å²) in [5.74, 6) is -0.0249.